The predicted octanol–water partition coefficient (Wildman–Crippen LogP) is 3.21. The van der Waals surface area contributed by atoms with Gasteiger partial charge in [0.25, 0.3) is 0 Å². The van der Waals surface area contributed by atoms with Crippen molar-refractivity contribution >= 4 is 0 Å². The van der Waals surface area contributed by atoms with E-state index in [4.69, 9.17) is 4.42 Å². The Morgan fingerprint density at radius 1 is 1.29 bits per heavy atom. The van der Waals surface area contributed by atoms with Gasteiger partial charge in [-0.25, -0.2) is 0 Å². The second kappa shape index (κ2) is 6.06. The fraction of sp³-hybridized carbons (Fsp3) is 0.588. The molecule has 1 aliphatic rings. The zero-order valence-corrected chi connectivity index (χ0v) is 13.3. The van der Waals surface area contributed by atoms with E-state index in [1.165, 1.54) is 29.8 Å². The summed E-state index contributed by atoms with van der Waals surface area (Å²) in [6, 6.07) is 5.10. The van der Waals surface area contributed by atoms with Crippen molar-refractivity contribution in [3.05, 3.63) is 40.6 Å². The smallest absolute Gasteiger partial charge is 0.118 e. The van der Waals surface area contributed by atoms with Crippen LogP contribution in [0.1, 0.15) is 55.2 Å². The normalized spacial score (nSPS) is 14.8. The molecule has 4 nitrogen and oxygen atoms in total. The van der Waals surface area contributed by atoms with Crippen LogP contribution in [0.2, 0.25) is 0 Å². The van der Waals surface area contributed by atoms with Gasteiger partial charge >= 0.3 is 0 Å². The van der Waals surface area contributed by atoms with Crippen LogP contribution in [0.15, 0.2) is 16.5 Å². The maximum Gasteiger partial charge on any atom is 0.118 e. The van der Waals surface area contributed by atoms with Gasteiger partial charge in [-0.15, -0.1) is 0 Å². The first-order chi connectivity index (χ1) is 10.2. The summed E-state index contributed by atoms with van der Waals surface area (Å²) in [6.45, 7) is 8.02. The van der Waals surface area contributed by atoms with Crippen LogP contribution in [0, 0.1) is 6.92 Å². The highest BCUT2D eigenvalue weighted by molar-refractivity contribution is 5.22. The molecule has 2 aromatic heterocycles. The minimum absolute atomic E-state index is 0.712. The van der Waals surface area contributed by atoms with Gasteiger partial charge in [0.2, 0.25) is 0 Å². The van der Waals surface area contributed by atoms with Gasteiger partial charge in [-0.3, -0.25) is 4.68 Å². The van der Waals surface area contributed by atoms with E-state index in [1.807, 2.05) is 6.92 Å². The summed E-state index contributed by atoms with van der Waals surface area (Å²) in [4.78, 5) is 0. The Balaban J connectivity index is 1.72. The van der Waals surface area contributed by atoms with Gasteiger partial charge in [0, 0.05) is 17.3 Å². The Kier molecular flexibility index (Phi) is 4.15. The van der Waals surface area contributed by atoms with E-state index in [0.29, 0.717) is 6.04 Å². The molecule has 2 aromatic rings. The Morgan fingerprint density at radius 2 is 2.10 bits per heavy atom. The van der Waals surface area contributed by atoms with Crippen molar-refractivity contribution in [2.24, 2.45) is 0 Å². The average molecular weight is 287 g/mol. The van der Waals surface area contributed by atoms with Crippen molar-refractivity contribution in [3.63, 3.8) is 0 Å². The predicted molar refractivity (Wildman–Crippen MR) is 83.4 cm³/mol. The summed E-state index contributed by atoms with van der Waals surface area (Å²) in [5.74, 6) is 2.05. The number of nitrogens with zero attached hydrogens (tertiary/aromatic N) is 2. The van der Waals surface area contributed by atoms with Crippen LogP contribution >= 0.6 is 0 Å². The van der Waals surface area contributed by atoms with Crippen molar-refractivity contribution in [2.75, 3.05) is 0 Å². The van der Waals surface area contributed by atoms with E-state index in [2.05, 4.69) is 41.1 Å². The Bertz CT molecular complexity index is 608. The van der Waals surface area contributed by atoms with Crippen LogP contribution in [-0.2, 0) is 25.9 Å². The number of hydrogen-bond donors (Lipinski definition) is 1. The average Bonchev–Trinajstić information content (AvgIpc) is 3.13. The van der Waals surface area contributed by atoms with E-state index in [-0.39, 0.29) is 0 Å². The van der Waals surface area contributed by atoms with Crippen molar-refractivity contribution < 1.29 is 4.42 Å². The molecule has 1 aliphatic carbocycles. The molecule has 0 atom stereocenters. The monoisotopic (exact) mass is 287 g/mol. The fourth-order valence-corrected chi connectivity index (χ4v) is 2.63. The summed E-state index contributed by atoms with van der Waals surface area (Å²) in [5, 5.41) is 8.19. The van der Waals surface area contributed by atoms with E-state index in [1.54, 1.807) is 0 Å². The second-order valence-electron chi connectivity index (χ2n) is 5.94. The number of nitrogens with one attached hydrogen (secondary N) is 1. The number of hydrogen-bond acceptors (Lipinski definition) is 3. The van der Waals surface area contributed by atoms with Crippen LogP contribution < -0.4 is 5.32 Å². The zero-order valence-electron chi connectivity index (χ0n) is 13.3. The molecule has 0 unspecified atom stereocenters. The van der Waals surface area contributed by atoms with Gasteiger partial charge in [-0.05, 0) is 44.7 Å². The molecule has 21 heavy (non-hydrogen) atoms. The maximum absolute atomic E-state index is 5.87. The summed E-state index contributed by atoms with van der Waals surface area (Å²) in [6.07, 6.45) is 4.61. The van der Waals surface area contributed by atoms with Gasteiger partial charge < -0.3 is 9.73 Å². The molecule has 1 saturated carbocycles. The fourth-order valence-electron chi connectivity index (χ4n) is 2.63. The van der Waals surface area contributed by atoms with Crippen LogP contribution in [0.3, 0.4) is 0 Å². The second-order valence-corrected chi connectivity index (χ2v) is 5.94. The highest BCUT2D eigenvalue weighted by Gasteiger charge is 2.21. The molecule has 2 heterocycles. The summed E-state index contributed by atoms with van der Waals surface area (Å²) >= 11 is 0. The molecule has 0 aromatic carbocycles. The first-order valence-electron chi connectivity index (χ1n) is 8.06. The minimum Gasteiger partial charge on any atom is -0.465 e. The lowest BCUT2D eigenvalue weighted by molar-refractivity contribution is 0.457. The third-order valence-corrected chi connectivity index (χ3v) is 4.17. The Labute approximate surface area is 126 Å². The molecule has 0 radical (unpaired) electrons. The van der Waals surface area contributed by atoms with Crippen LogP contribution in [0.4, 0.5) is 0 Å². The molecular formula is C17H25N3O. The number of furan rings is 1. The maximum atomic E-state index is 5.87. The SMILES string of the molecule is CCc1cc(CC)n(Cc2cc(CNC3CC3)oc2C)n1. The van der Waals surface area contributed by atoms with E-state index < -0.39 is 0 Å². The quantitative estimate of drug-likeness (QED) is 0.850. The van der Waals surface area contributed by atoms with Crippen molar-refractivity contribution in [1.82, 2.24) is 15.1 Å². The molecule has 4 heteroatoms. The summed E-state index contributed by atoms with van der Waals surface area (Å²) in [5.41, 5.74) is 3.71. The summed E-state index contributed by atoms with van der Waals surface area (Å²) in [7, 11) is 0. The lowest BCUT2D eigenvalue weighted by Gasteiger charge is -2.04. The molecular weight excluding hydrogens is 262 g/mol. The van der Waals surface area contributed by atoms with Gasteiger partial charge in [0.1, 0.15) is 11.5 Å². The van der Waals surface area contributed by atoms with Gasteiger partial charge in [-0.1, -0.05) is 13.8 Å². The van der Waals surface area contributed by atoms with Gasteiger partial charge in [0.05, 0.1) is 18.8 Å². The minimum atomic E-state index is 0.712. The molecule has 3 rings (SSSR count). The van der Waals surface area contributed by atoms with E-state index in [0.717, 1.165) is 37.5 Å². The van der Waals surface area contributed by atoms with Crippen molar-refractivity contribution in [3.8, 4) is 0 Å². The molecule has 0 amide bonds. The van der Waals surface area contributed by atoms with Gasteiger partial charge in [-0.2, -0.15) is 5.10 Å². The Hall–Kier alpha value is -1.55. The number of aryl methyl sites for hydroxylation is 3. The molecule has 0 saturated heterocycles. The zero-order chi connectivity index (χ0) is 14.8. The molecule has 0 spiro atoms. The molecule has 0 aliphatic heterocycles. The third-order valence-electron chi connectivity index (χ3n) is 4.17. The molecule has 1 N–H and O–H groups in total. The first kappa shape index (κ1) is 14.4. The lowest BCUT2D eigenvalue weighted by atomic mass is 10.2. The lowest BCUT2D eigenvalue weighted by Crippen LogP contribution is -2.14. The largest absolute Gasteiger partial charge is 0.465 e. The van der Waals surface area contributed by atoms with Gasteiger partial charge in [0.15, 0.2) is 0 Å². The van der Waals surface area contributed by atoms with E-state index >= 15 is 0 Å². The van der Waals surface area contributed by atoms with Crippen LogP contribution in [0.25, 0.3) is 0 Å². The number of aromatic nitrogens is 2. The first-order valence-corrected chi connectivity index (χ1v) is 8.06. The van der Waals surface area contributed by atoms with Crippen molar-refractivity contribution in [1.29, 1.82) is 0 Å². The van der Waals surface area contributed by atoms with Crippen LogP contribution in [-0.4, -0.2) is 15.8 Å². The third kappa shape index (κ3) is 3.38. The molecule has 114 valence electrons. The Morgan fingerprint density at radius 3 is 2.76 bits per heavy atom. The number of rotatable bonds is 7. The van der Waals surface area contributed by atoms with E-state index in [9.17, 15) is 0 Å². The highest BCUT2D eigenvalue weighted by Crippen LogP contribution is 2.21. The topological polar surface area (TPSA) is 43.0 Å². The molecule has 0 bridgehead atoms. The standard InChI is InChI=1S/C17H25N3O/c1-4-14-9-16(5-2)20(19-14)11-13-8-17(21-12(13)3)10-18-15-6-7-15/h8-9,15,18H,4-7,10-11H2,1-3H3. The summed E-state index contributed by atoms with van der Waals surface area (Å²) < 4.78 is 7.99. The highest BCUT2D eigenvalue weighted by atomic mass is 16.3. The molecule has 1 fully saturated rings. The van der Waals surface area contributed by atoms with Crippen molar-refractivity contribution in [2.45, 2.75) is 65.6 Å². The van der Waals surface area contributed by atoms with Crippen LogP contribution in [0.5, 0.6) is 0 Å².